The summed E-state index contributed by atoms with van der Waals surface area (Å²) in [7, 11) is 0. The van der Waals surface area contributed by atoms with E-state index in [1.165, 1.54) is 24.3 Å². The van der Waals surface area contributed by atoms with Crippen molar-refractivity contribution in [1.29, 1.82) is 0 Å². The molecule has 5 nitrogen and oxygen atoms in total. The van der Waals surface area contributed by atoms with Gasteiger partial charge in [0.1, 0.15) is 11.4 Å². The highest BCUT2D eigenvalue weighted by atomic mass is 19.1. The van der Waals surface area contributed by atoms with Gasteiger partial charge in [0.2, 0.25) is 0 Å². The van der Waals surface area contributed by atoms with Gasteiger partial charge in [-0.15, -0.1) is 0 Å². The van der Waals surface area contributed by atoms with Gasteiger partial charge in [-0.2, -0.15) is 0 Å². The molecule has 0 fully saturated rings. The Morgan fingerprint density at radius 1 is 0.958 bits per heavy atom. The van der Waals surface area contributed by atoms with Gasteiger partial charge >= 0.3 is 6.09 Å². The molecule has 2 aromatic carbocycles. The topological polar surface area (TPSA) is 67.4 Å². The van der Waals surface area contributed by atoms with Crippen LogP contribution in [0.4, 0.5) is 20.6 Å². The van der Waals surface area contributed by atoms with Gasteiger partial charge < -0.3 is 10.1 Å². The molecule has 0 atom stereocenters. The standard InChI is InChI=1S/C18H19FN2O3/c1-18(2,3)24-17(23)21-14-8-4-6-12(10-14)16(22)20-15-9-5-7-13(19)11-15/h4-11H,1-3H3,(H,20,22)(H,21,23). The number of benzene rings is 2. The first kappa shape index (κ1) is 17.5. The van der Waals surface area contributed by atoms with Crippen LogP contribution < -0.4 is 10.6 Å². The van der Waals surface area contributed by atoms with Crippen LogP contribution in [0.25, 0.3) is 0 Å². The Morgan fingerprint density at radius 2 is 1.58 bits per heavy atom. The van der Waals surface area contributed by atoms with Crippen LogP contribution in [-0.2, 0) is 4.74 Å². The van der Waals surface area contributed by atoms with Crippen molar-refractivity contribution < 1.29 is 18.7 Å². The number of carbonyl (C=O) groups is 2. The molecule has 0 radical (unpaired) electrons. The average Bonchev–Trinajstić information content (AvgIpc) is 2.45. The SMILES string of the molecule is CC(C)(C)OC(=O)Nc1cccc(C(=O)Nc2cccc(F)c2)c1. The maximum atomic E-state index is 13.2. The monoisotopic (exact) mass is 330 g/mol. The van der Waals surface area contributed by atoms with E-state index >= 15 is 0 Å². The predicted octanol–water partition coefficient (Wildman–Crippen LogP) is 4.43. The molecule has 2 rings (SSSR count). The third-order valence-corrected chi connectivity index (χ3v) is 2.85. The smallest absolute Gasteiger partial charge is 0.412 e. The minimum atomic E-state index is -0.615. The van der Waals surface area contributed by atoms with Gasteiger partial charge in [0.15, 0.2) is 0 Å². The summed E-state index contributed by atoms with van der Waals surface area (Å²) in [5.74, 6) is -0.846. The quantitative estimate of drug-likeness (QED) is 0.875. The molecule has 2 aromatic rings. The summed E-state index contributed by atoms with van der Waals surface area (Å²) in [4.78, 5) is 24.0. The minimum absolute atomic E-state index is 0.327. The van der Waals surface area contributed by atoms with E-state index in [4.69, 9.17) is 4.74 Å². The summed E-state index contributed by atoms with van der Waals surface area (Å²) in [6.07, 6.45) is -0.606. The van der Waals surface area contributed by atoms with Crippen molar-refractivity contribution in [1.82, 2.24) is 0 Å². The Morgan fingerprint density at radius 3 is 2.21 bits per heavy atom. The normalized spacial score (nSPS) is 10.8. The second-order valence-corrected chi connectivity index (χ2v) is 6.17. The number of ether oxygens (including phenoxy) is 1. The minimum Gasteiger partial charge on any atom is -0.444 e. The lowest BCUT2D eigenvalue weighted by Gasteiger charge is -2.19. The molecule has 126 valence electrons. The van der Waals surface area contributed by atoms with Gasteiger partial charge in [-0.1, -0.05) is 12.1 Å². The number of amides is 2. The first-order valence-corrected chi connectivity index (χ1v) is 7.40. The van der Waals surface area contributed by atoms with Gasteiger partial charge in [0.25, 0.3) is 5.91 Å². The zero-order valence-electron chi connectivity index (χ0n) is 13.7. The lowest BCUT2D eigenvalue weighted by molar-refractivity contribution is 0.0635. The molecule has 0 saturated carbocycles. The van der Waals surface area contributed by atoms with Crippen LogP contribution in [0.3, 0.4) is 0 Å². The van der Waals surface area contributed by atoms with Crippen LogP contribution in [0.2, 0.25) is 0 Å². The van der Waals surface area contributed by atoms with Crippen LogP contribution in [0.1, 0.15) is 31.1 Å². The highest BCUT2D eigenvalue weighted by Crippen LogP contribution is 2.16. The van der Waals surface area contributed by atoms with Gasteiger partial charge in [-0.25, -0.2) is 9.18 Å². The number of rotatable bonds is 3. The molecule has 0 spiro atoms. The van der Waals surface area contributed by atoms with Crippen molar-refractivity contribution in [2.24, 2.45) is 0 Å². The molecule has 0 aliphatic heterocycles. The molecule has 0 aliphatic carbocycles. The Kier molecular flexibility index (Phi) is 5.18. The largest absolute Gasteiger partial charge is 0.444 e. The van der Waals surface area contributed by atoms with Crippen molar-refractivity contribution in [2.45, 2.75) is 26.4 Å². The Hall–Kier alpha value is -2.89. The van der Waals surface area contributed by atoms with Crippen molar-refractivity contribution in [3.8, 4) is 0 Å². The first-order chi connectivity index (χ1) is 11.2. The third kappa shape index (κ3) is 5.39. The van der Waals surface area contributed by atoms with E-state index < -0.39 is 23.4 Å². The lowest BCUT2D eigenvalue weighted by Crippen LogP contribution is -2.27. The van der Waals surface area contributed by atoms with E-state index in [1.807, 2.05) is 0 Å². The van der Waals surface area contributed by atoms with Gasteiger partial charge in [-0.3, -0.25) is 10.1 Å². The van der Waals surface area contributed by atoms with E-state index in [-0.39, 0.29) is 0 Å². The van der Waals surface area contributed by atoms with Crippen molar-refractivity contribution in [3.05, 3.63) is 59.9 Å². The summed E-state index contributed by atoms with van der Waals surface area (Å²) in [5.41, 5.74) is 0.491. The van der Waals surface area contributed by atoms with E-state index in [1.54, 1.807) is 45.0 Å². The highest BCUT2D eigenvalue weighted by molar-refractivity contribution is 6.05. The van der Waals surface area contributed by atoms with Gasteiger partial charge in [-0.05, 0) is 57.2 Å². The van der Waals surface area contributed by atoms with Crippen molar-refractivity contribution in [3.63, 3.8) is 0 Å². The number of anilines is 2. The highest BCUT2D eigenvalue weighted by Gasteiger charge is 2.16. The molecular weight excluding hydrogens is 311 g/mol. The number of hydrogen-bond acceptors (Lipinski definition) is 3. The van der Waals surface area contributed by atoms with Crippen LogP contribution in [0.5, 0.6) is 0 Å². The number of hydrogen-bond donors (Lipinski definition) is 2. The molecule has 0 heterocycles. The lowest BCUT2D eigenvalue weighted by atomic mass is 10.2. The number of nitrogens with one attached hydrogen (secondary N) is 2. The predicted molar refractivity (Wildman–Crippen MR) is 90.7 cm³/mol. The summed E-state index contributed by atoms with van der Waals surface area (Å²) in [6, 6.07) is 12.0. The van der Waals surface area contributed by atoms with Crippen LogP contribution in [0.15, 0.2) is 48.5 Å². The summed E-state index contributed by atoms with van der Waals surface area (Å²) < 4.78 is 18.3. The number of carbonyl (C=O) groups excluding carboxylic acids is 2. The Labute approximate surface area is 139 Å². The maximum absolute atomic E-state index is 13.2. The number of halogens is 1. The van der Waals surface area contributed by atoms with Gasteiger partial charge in [0.05, 0.1) is 0 Å². The summed E-state index contributed by atoms with van der Waals surface area (Å²) in [6.45, 7) is 5.28. The van der Waals surface area contributed by atoms with Crippen LogP contribution >= 0.6 is 0 Å². The molecule has 0 bridgehead atoms. The molecule has 2 amide bonds. The fourth-order valence-corrected chi connectivity index (χ4v) is 1.93. The summed E-state index contributed by atoms with van der Waals surface area (Å²) in [5, 5.41) is 5.16. The zero-order chi connectivity index (χ0) is 17.7. The van der Waals surface area contributed by atoms with Crippen molar-refractivity contribution >= 4 is 23.4 Å². The van der Waals surface area contributed by atoms with E-state index in [0.29, 0.717) is 16.9 Å². The molecule has 2 N–H and O–H groups in total. The van der Waals surface area contributed by atoms with Crippen LogP contribution in [-0.4, -0.2) is 17.6 Å². The fourth-order valence-electron chi connectivity index (χ4n) is 1.93. The zero-order valence-corrected chi connectivity index (χ0v) is 13.7. The molecule has 0 aromatic heterocycles. The molecule has 6 heteroatoms. The maximum Gasteiger partial charge on any atom is 0.412 e. The van der Waals surface area contributed by atoms with Crippen LogP contribution in [0, 0.1) is 5.82 Å². The second kappa shape index (κ2) is 7.12. The average molecular weight is 330 g/mol. The first-order valence-electron chi connectivity index (χ1n) is 7.40. The Balaban J connectivity index is 2.06. The molecule has 0 unspecified atom stereocenters. The molecule has 0 saturated heterocycles. The van der Waals surface area contributed by atoms with E-state index in [9.17, 15) is 14.0 Å². The molecular formula is C18H19FN2O3. The Bertz CT molecular complexity index is 754. The summed E-state index contributed by atoms with van der Waals surface area (Å²) >= 11 is 0. The van der Waals surface area contributed by atoms with E-state index in [2.05, 4.69) is 10.6 Å². The third-order valence-electron chi connectivity index (χ3n) is 2.85. The second-order valence-electron chi connectivity index (χ2n) is 6.17. The molecule has 0 aliphatic rings. The van der Waals surface area contributed by atoms with E-state index in [0.717, 1.165) is 0 Å². The van der Waals surface area contributed by atoms with Gasteiger partial charge in [0, 0.05) is 16.9 Å². The fraction of sp³-hybridized carbons (Fsp3) is 0.222. The molecule has 24 heavy (non-hydrogen) atoms. The van der Waals surface area contributed by atoms with Crippen molar-refractivity contribution in [2.75, 3.05) is 10.6 Å².